The van der Waals surface area contributed by atoms with Crippen molar-refractivity contribution in [3.05, 3.63) is 71.5 Å². The van der Waals surface area contributed by atoms with Crippen molar-refractivity contribution in [3.8, 4) is 0 Å². The third-order valence-corrected chi connectivity index (χ3v) is 4.24. The lowest BCUT2D eigenvalue weighted by molar-refractivity contribution is -0.132. The fourth-order valence-corrected chi connectivity index (χ4v) is 2.80. The van der Waals surface area contributed by atoms with E-state index >= 15 is 0 Å². The molecular weight excluding hydrogens is 311 g/mol. The highest BCUT2D eigenvalue weighted by molar-refractivity contribution is 6.07. The Labute approximate surface area is 138 Å². The van der Waals surface area contributed by atoms with Crippen LogP contribution in [0, 0.1) is 5.82 Å². The normalized spacial score (nSPS) is 21.7. The average Bonchev–Trinajstić information content (AvgIpc) is 2.80. The van der Waals surface area contributed by atoms with Crippen LogP contribution in [-0.2, 0) is 10.3 Å². The van der Waals surface area contributed by atoms with Gasteiger partial charge in [-0.3, -0.25) is 9.69 Å². The summed E-state index contributed by atoms with van der Waals surface area (Å²) in [5, 5.41) is 12.9. The summed E-state index contributed by atoms with van der Waals surface area (Å²) in [6.45, 7) is 1.42. The zero-order valence-electron chi connectivity index (χ0n) is 13.1. The maximum absolute atomic E-state index is 13.1. The van der Waals surface area contributed by atoms with Crippen LogP contribution in [0.1, 0.15) is 24.2 Å². The van der Waals surface area contributed by atoms with E-state index in [1.807, 2.05) is 6.07 Å². The van der Waals surface area contributed by atoms with E-state index in [4.69, 9.17) is 0 Å². The number of rotatable bonds is 4. The van der Waals surface area contributed by atoms with E-state index in [0.29, 0.717) is 11.1 Å². The van der Waals surface area contributed by atoms with Crippen LogP contribution in [0.5, 0.6) is 0 Å². The van der Waals surface area contributed by atoms with E-state index in [2.05, 4.69) is 5.32 Å². The monoisotopic (exact) mass is 328 g/mol. The smallest absolute Gasteiger partial charge is 0.325 e. The molecule has 0 saturated carbocycles. The molecule has 3 rings (SSSR count). The molecule has 1 saturated heterocycles. The van der Waals surface area contributed by atoms with Gasteiger partial charge in [-0.25, -0.2) is 9.18 Å². The van der Waals surface area contributed by atoms with Crippen molar-refractivity contribution in [1.29, 1.82) is 0 Å². The Bertz CT molecular complexity index is 764. The minimum absolute atomic E-state index is 0.147. The summed E-state index contributed by atoms with van der Waals surface area (Å²) in [6, 6.07) is 13.6. The van der Waals surface area contributed by atoms with Gasteiger partial charge in [-0.2, -0.15) is 0 Å². The van der Waals surface area contributed by atoms with Gasteiger partial charge in [-0.1, -0.05) is 42.5 Å². The Morgan fingerprint density at radius 3 is 2.38 bits per heavy atom. The van der Waals surface area contributed by atoms with E-state index in [9.17, 15) is 19.1 Å². The van der Waals surface area contributed by atoms with Crippen molar-refractivity contribution in [2.45, 2.75) is 18.6 Å². The second-order valence-corrected chi connectivity index (χ2v) is 5.90. The van der Waals surface area contributed by atoms with E-state index in [-0.39, 0.29) is 6.54 Å². The summed E-state index contributed by atoms with van der Waals surface area (Å²) in [5.41, 5.74) is -0.172. The second-order valence-electron chi connectivity index (χ2n) is 5.90. The van der Waals surface area contributed by atoms with E-state index in [1.165, 1.54) is 24.3 Å². The third-order valence-electron chi connectivity index (χ3n) is 4.24. The van der Waals surface area contributed by atoms with Gasteiger partial charge < -0.3 is 10.4 Å². The Kier molecular flexibility index (Phi) is 4.07. The molecule has 2 aromatic rings. The van der Waals surface area contributed by atoms with Gasteiger partial charge >= 0.3 is 6.03 Å². The molecule has 0 spiro atoms. The fraction of sp³-hybridized carbons (Fsp3) is 0.222. The summed E-state index contributed by atoms with van der Waals surface area (Å²) in [6.07, 6.45) is -0.975. The highest BCUT2D eigenvalue weighted by Crippen LogP contribution is 2.30. The lowest BCUT2D eigenvalue weighted by Crippen LogP contribution is -2.41. The minimum atomic E-state index is -1.28. The van der Waals surface area contributed by atoms with Crippen molar-refractivity contribution in [3.63, 3.8) is 0 Å². The standard InChI is InChI=1S/C18H17FN2O3/c1-18(13-7-9-14(19)10-8-13)16(23)21(17(24)20-18)11-15(22)12-5-3-2-4-6-12/h2-10,15,22H,11H2,1H3,(H,20,24). The summed E-state index contributed by atoms with van der Waals surface area (Å²) in [4.78, 5) is 25.9. The van der Waals surface area contributed by atoms with Crippen LogP contribution in [0.2, 0.25) is 0 Å². The lowest BCUT2D eigenvalue weighted by atomic mass is 9.92. The van der Waals surface area contributed by atoms with Gasteiger partial charge in [0.2, 0.25) is 0 Å². The molecule has 1 heterocycles. The number of carbonyl (C=O) groups is 2. The van der Waals surface area contributed by atoms with Crippen molar-refractivity contribution in [1.82, 2.24) is 10.2 Å². The van der Waals surface area contributed by atoms with Crippen LogP contribution in [-0.4, -0.2) is 28.5 Å². The molecule has 0 bridgehead atoms. The molecule has 5 nitrogen and oxygen atoms in total. The first-order chi connectivity index (χ1) is 11.4. The van der Waals surface area contributed by atoms with Gasteiger partial charge in [-0.15, -0.1) is 0 Å². The summed E-state index contributed by atoms with van der Waals surface area (Å²) < 4.78 is 13.1. The highest BCUT2D eigenvalue weighted by Gasteiger charge is 2.49. The number of imide groups is 1. The number of urea groups is 1. The van der Waals surface area contributed by atoms with Gasteiger partial charge in [0.1, 0.15) is 11.4 Å². The molecule has 6 heteroatoms. The first kappa shape index (κ1) is 16.1. The first-order valence-corrected chi connectivity index (χ1v) is 7.55. The average molecular weight is 328 g/mol. The predicted octanol–water partition coefficient (Wildman–Crippen LogP) is 2.33. The van der Waals surface area contributed by atoms with Crippen molar-refractivity contribution in [2.75, 3.05) is 6.54 Å². The van der Waals surface area contributed by atoms with Gasteiger partial charge in [0, 0.05) is 0 Å². The Balaban J connectivity index is 1.82. The molecule has 124 valence electrons. The lowest BCUT2D eigenvalue weighted by Gasteiger charge is -2.23. The number of aliphatic hydroxyl groups is 1. The zero-order valence-corrected chi connectivity index (χ0v) is 13.1. The molecule has 2 aromatic carbocycles. The number of amides is 3. The number of hydrogen-bond donors (Lipinski definition) is 2. The van der Waals surface area contributed by atoms with Crippen LogP contribution < -0.4 is 5.32 Å². The van der Waals surface area contributed by atoms with Crippen molar-refractivity contribution < 1.29 is 19.1 Å². The van der Waals surface area contributed by atoms with Gasteiger partial charge in [-0.05, 0) is 30.2 Å². The number of β-amino-alcohol motifs (C(OH)–C–C–N with tert-alkyl or cyclic N) is 1. The Hall–Kier alpha value is -2.73. The van der Waals surface area contributed by atoms with Crippen LogP contribution in [0.25, 0.3) is 0 Å². The van der Waals surface area contributed by atoms with Gasteiger partial charge in [0.15, 0.2) is 0 Å². The van der Waals surface area contributed by atoms with E-state index in [1.54, 1.807) is 31.2 Å². The molecule has 1 aliphatic heterocycles. The van der Waals surface area contributed by atoms with E-state index < -0.39 is 29.4 Å². The number of aliphatic hydroxyl groups excluding tert-OH is 1. The molecule has 1 aliphatic rings. The number of benzene rings is 2. The zero-order chi connectivity index (χ0) is 17.3. The molecule has 2 atom stereocenters. The first-order valence-electron chi connectivity index (χ1n) is 7.55. The van der Waals surface area contributed by atoms with Crippen molar-refractivity contribution in [2.24, 2.45) is 0 Å². The fourth-order valence-electron chi connectivity index (χ4n) is 2.80. The number of halogens is 1. The second kappa shape index (κ2) is 6.05. The maximum Gasteiger partial charge on any atom is 0.325 e. The SMILES string of the molecule is CC1(c2ccc(F)cc2)NC(=O)N(CC(O)c2ccccc2)C1=O. The quantitative estimate of drug-likeness (QED) is 0.846. The summed E-state index contributed by atoms with van der Waals surface area (Å²) in [7, 11) is 0. The Morgan fingerprint density at radius 1 is 1.12 bits per heavy atom. The van der Waals surface area contributed by atoms with Gasteiger partial charge in [0.25, 0.3) is 5.91 Å². The van der Waals surface area contributed by atoms with Crippen LogP contribution in [0.15, 0.2) is 54.6 Å². The molecule has 0 radical (unpaired) electrons. The number of carbonyl (C=O) groups excluding carboxylic acids is 2. The molecule has 1 fully saturated rings. The molecule has 0 aromatic heterocycles. The topological polar surface area (TPSA) is 69.6 Å². The predicted molar refractivity (Wildman–Crippen MR) is 85.4 cm³/mol. The summed E-state index contributed by atoms with van der Waals surface area (Å²) in [5.74, 6) is -0.899. The number of nitrogens with one attached hydrogen (secondary N) is 1. The van der Waals surface area contributed by atoms with E-state index in [0.717, 1.165) is 4.90 Å². The number of hydrogen-bond acceptors (Lipinski definition) is 3. The van der Waals surface area contributed by atoms with Crippen LogP contribution in [0.4, 0.5) is 9.18 Å². The molecule has 24 heavy (non-hydrogen) atoms. The van der Waals surface area contributed by atoms with Crippen LogP contribution in [0.3, 0.4) is 0 Å². The molecule has 3 amide bonds. The summed E-state index contributed by atoms with van der Waals surface area (Å²) >= 11 is 0. The maximum atomic E-state index is 13.1. The molecule has 2 N–H and O–H groups in total. The number of nitrogens with zero attached hydrogens (tertiary/aromatic N) is 1. The minimum Gasteiger partial charge on any atom is -0.387 e. The van der Waals surface area contributed by atoms with Gasteiger partial charge in [0.05, 0.1) is 12.6 Å². The van der Waals surface area contributed by atoms with Crippen LogP contribution >= 0.6 is 0 Å². The third kappa shape index (κ3) is 2.76. The molecule has 0 aliphatic carbocycles. The van der Waals surface area contributed by atoms with Crippen molar-refractivity contribution >= 4 is 11.9 Å². The Morgan fingerprint density at radius 2 is 1.75 bits per heavy atom. The highest BCUT2D eigenvalue weighted by atomic mass is 19.1. The largest absolute Gasteiger partial charge is 0.387 e. The molecule has 2 unspecified atom stereocenters. The molecular formula is C18H17FN2O3.